The normalized spacial score (nSPS) is 13.5. The number of rotatable bonds is 16. The maximum Gasteiger partial charge on any atom is 0.341 e. The summed E-state index contributed by atoms with van der Waals surface area (Å²) in [6, 6.07) is 1.16. The monoisotopic (exact) mass is 331 g/mol. The highest BCUT2D eigenvalue weighted by molar-refractivity contribution is 6.69. The number of hydrogen-bond donors (Lipinski definition) is 1. The van der Waals surface area contributed by atoms with E-state index in [1.54, 1.807) is 0 Å². The van der Waals surface area contributed by atoms with Crippen molar-refractivity contribution in [3.05, 3.63) is 0 Å². The molecule has 0 bridgehead atoms. The Balaban J connectivity index is 4.94. The molecule has 0 aliphatic rings. The predicted octanol–water partition coefficient (Wildman–Crippen LogP) is 5.38. The van der Waals surface area contributed by atoms with Gasteiger partial charge in [0.05, 0.1) is 0 Å². The Kier molecular flexibility index (Phi) is 14.7. The van der Waals surface area contributed by atoms with Crippen molar-refractivity contribution in [2.45, 2.75) is 97.1 Å². The zero-order valence-electron chi connectivity index (χ0n) is 15.7. The van der Waals surface area contributed by atoms with Crippen LogP contribution in [0.25, 0.3) is 0 Å². The van der Waals surface area contributed by atoms with Gasteiger partial charge in [0.25, 0.3) is 0 Å². The number of nitrogens with two attached hydrogens (primary N) is 1. The van der Waals surface area contributed by atoms with E-state index in [2.05, 4.69) is 27.7 Å². The summed E-state index contributed by atoms with van der Waals surface area (Å²) in [7, 11) is -2.11. The minimum Gasteiger partial charge on any atom is -0.394 e. The standard InChI is InChI=1S/C18H41NO2Si/c1-5-9-10-11-17-22(20-15-6-2,21-16-7-3)18(8-4)13-12-14-19/h18H,5-17,19H2,1-4H3. The Labute approximate surface area is 140 Å². The fourth-order valence-electron chi connectivity index (χ4n) is 3.07. The highest BCUT2D eigenvalue weighted by Crippen LogP contribution is 2.37. The van der Waals surface area contributed by atoms with Crippen LogP contribution in [0, 0.1) is 0 Å². The van der Waals surface area contributed by atoms with Crippen molar-refractivity contribution in [3.63, 3.8) is 0 Å². The zero-order valence-corrected chi connectivity index (χ0v) is 16.7. The molecule has 4 heteroatoms. The van der Waals surface area contributed by atoms with Gasteiger partial charge in [-0.1, -0.05) is 59.8 Å². The lowest BCUT2D eigenvalue weighted by molar-refractivity contribution is 0.153. The van der Waals surface area contributed by atoms with Crippen molar-refractivity contribution in [1.82, 2.24) is 0 Å². The maximum atomic E-state index is 6.49. The van der Waals surface area contributed by atoms with Gasteiger partial charge in [-0.25, -0.2) is 0 Å². The van der Waals surface area contributed by atoms with Crippen LogP contribution < -0.4 is 5.73 Å². The molecular weight excluding hydrogens is 290 g/mol. The minimum atomic E-state index is -2.11. The van der Waals surface area contributed by atoms with Crippen LogP contribution >= 0.6 is 0 Å². The van der Waals surface area contributed by atoms with E-state index in [0.29, 0.717) is 5.54 Å². The molecule has 0 aromatic heterocycles. The molecule has 2 N–H and O–H groups in total. The lowest BCUT2D eigenvalue weighted by Crippen LogP contribution is -2.47. The molecule has 0 fully saturated rings. The average Bonchev–Trinajstić information content (AvgIpc) is 2.55. The first kappa shape index (κ1) is 22.1. The van der Waals surface area contributed by atoms with Gasteiger partial charge in [0.1, 0.15) is 0 Å². The lowest BCUT2D eigenvalue weighted by atomic mass is 10.2. The van der Waals surface area contributed by atoms with E-state index in [-0.39, 0.29) is 0 Å². The molecule has 0 saturated carbocycles. The molecule has 0 rings (SSSR count). The first-order valence-electron chi connectivity index (χ1n) is 9.68. The Morgan fingerprint density at radius 3 is 1.91 bits per heavy atom. The fraction of sp³-hybridized carbons (Fsp3) is 1.00. The second-order valence-electron chi connectivity index (χ2n) is 6.36. The number of hydrogen-bond acceptors (Lipinski definition) is 3. The molecule has 22 heavy (non-hydrogen) atoms. The summed E-state index contributed by atoms with van der Waals surface area (Å²) in [6.45, 7) is 11.4. The lowest BCUT2D eigenvalue weighted by Gasteiger charge is -2.37. The molecule has 0 aliphatic heterocycles. The third-order valence-corrected chi connectivity index (χ3v) is 8.73. The third-order valence-electron chi connectivity index (χ3n) is 4.35. The van der Waals surface area contributed by atoms with E-state index < -0.39 is 8.56 Å². The molecule has 0 aromatic rings. The quantitative estimate of drug-likeness (QED) is 0.305. The van der Waals surface area contributed by atoms with Crippen molar-refractivity contribution < 1.29 is 8.85 Å². The van der Waals surface area contributed by atoms with E-state index in [4.69, 9.17) is 14.6 Å². The Morgan fingerprint density at radius 2 is 1.45 bits per heavy atom. The fourth-order valence-corrected chi connectivity index (χ4v) is 7.43. The van der Waals surface area contributed by atoms with E-state index in [0.717, 1.165) is 51.5 Å². The Morgan fingerprint density at radius 1 is 0.818 bits per heavy atom. The van der Waals surface area contributed by atoms with E-state index in [1.807, 2.05) is 0 Å². The van der Waals surface area contributed by atoms with Gasteiger partial charge in [0.2, 0.25) is 0 Å². The summed E-state index contributed by atoms with van der Waals surface area (Å²) in [5.41, 5.74) is 6.34. The van der Waals surface area contributed by atoms with Crippen molar-refractivity contribution in [2.24, 2.45) is 5.73 Å². The molecule has 0 aliphatic carbocycles. The maximum absolute atomic E-state index is 6.49. The number of unbranched alkanes of at least 4 members (excludes halogenated alkanes) is 3. The van der Waals surface area contributed by atoms with E-state index >= 15 is 0 Å². The first-order valence-corrected chi connectivity index (χ1v) is 11.8. The molecular formula is C18H41NO2Si. The summed E-state index contributed by atoms with van der Waals surface area (Å²) < 4.78 is 13.0. The Hall–Kier alpha value is 0.0969. The minimum absolute atomic E-state index is 0.593. The van der Waals surface area contributed by atoms with Crippen LogP contribution in [0.5, 0.6) is 0 Å². The van der Waals surface area contributed by atoms with Gasteiger partial charge in [0.15, 0.2) is 0 Å². The smallest absolute Gasteiger partial charge is 0.341 e. The van der Waals surface area contributed by atoms with Gasteiger partial charge in [-0.3, -0.25) is 0 Å². The summed E-state index contributed by atoms with van der Waals surface area (Å²) in [6.07, 6.45) is 10.7. The highest BCUT2D eigenvalue weighted by atomic mass is 28.4. The average molecular weight is 332 g/mol. The predicted molar refractivity (Wildman–Crippen MR) is 99.5 cm³/mol. The van der Waals surface area contributed by atoms with Crippen LogP contribution in [0.2, 0.25) is 11.6 Å². The third kappa shape index (κ3) is 8.66. The molecule has 0 amide bonds. The second kappa shape index (κ2) is 14.7. The topological polar surface area (TPSA) is 44.5 Å². The van der Waals surface area contributed by atoms with Gasteiger partial charge in [0, 0.05) is 18.8 Å². The summed E-state index contributed by atoms with van der Waals surface area (Å²) in [5.74, 6) is 0. The van der Waals surface area contributed by atoms with Gasteiger partial charge in [-0.15, -0.1) is 0 Å². The second-order valence-corrected chi connectivity index (χ2v) is 9.87. The summed E-state index contributed by atoms with van der Waals surface area (Å²) in [5, 5.41) is 0. The van der Waals surface area contributed by atoms with Crippen LogP contribution in [0.1, 0.15) is 85.5 Å². The largest absolute Gasteiger partial charge is 0.394 e. The van der Waals surface area contributed by atoms with Crippen LogP contribution in [0.4, 0.5) is 0 Å². The molecule has 0 spiro atoms. The first-order chi connectivity index (χ1) is 10.7. The molecule has 0 heterocycles. The van der Waals surface area contributed by atoms with Crippen LogP contribution in [0.3, 0.4) is 0 Å². The SMILES string of the molecule is CCCCCC[Si](OCCC)(OCCC)C(CC)CCCN. The van der Waals surface area contributed by atoms with Gasteiger partial charge < -0.3 is 14.6 Å². The molecule has 1 atom stereocenters. The molecule has 1 unspecified atom stereocenters. The summed E-state index contributed by atoms with van der Waals surface area (Å²) >= 11 is 0. The van der Waals surface area contributed by atoms with Gasteiger partial charge in [-0.05, 0) is 38.3 Å². The van der Waals surface area contributed by atoms with Gasteiger partial charge >= 0.3 is 8.56 Å². The van der Waals surface area contributed by atoms with E-state index in [1.165, 1.54) is 32.1 Å². The zero-order chi connectivity index (χ0) is 16.7. The molecule has 3 nitrogen and oxygen atoms in total. The van der Waals surface area contributed by atoms with E-state index in [9.17, 15) is 0 Å². The Bertz CT molecular complexity index is 231. The van der Waals surface area contributed by atoms with Crippen molar-refractivity contribution in [3.8, 4) is 0 Å². The molecule has 0 saturated heterocycles. The highest BCUT2D eigenvalue weighted by Gasteiger charge is 2.44. The van der Waals surface area contributed by atoms with Crippen molar-refractivity contribution in [2.75, 3.05) is 19.8 Å². The van der Waals surface area contributed by atoms with Crippen LogP contribution in [-0.2, 0) is 8.85 Å². The summed E-state index contributed by atoms with van der Waals surface area (Å²) in [4.78, 5) is 0. The van der Waals surface area contributed by atoms with Crippen LogP contribution in [0.15, 0.2) is 0 Å². The molecule has 134 valence electrons. The van der Waals surface area contributed by atoms with Crippen molar-refractivity contribution >= 4 is 8.56 Å². The van der Waals surface area contributed by atoms with Crippen molar-refractivity contribution in [1.29, 1.82) is 0 Å². The molecule has 0 aromatic carbocycles. The van der Waals surface area contributed by atoms with Gasteiger partial charge in [-0.2, -0.15) is 0 Å². The van der Waals surface area contributed by atoms with Crippen LogP contribution in [-0.4, -0.2) is 28.3 Å². The molecule has 0 radical (unpaired) electrons.